The highest BCUT2D eigenvalue weighted by atomic mass is 19.4. The summed E-state index contributed by atoms with van der Waals surface area (Å²) in [5.74, 6) is -2.45. The molecule has 4 N–H and O–H groups in total. The second kappa shape index (κ2) is 7.55. The molecule has 0 atom stereocenters. The van der Waals surface area contributed by atoms with Gasteiger partial charge in [-0.15, -0.1) is 0 Å². The quantitative estimate of drug-likeness (QED) is 0.369. The maximum Gasteiger partial charge on any atom is 0.416 e. The van der Waals surface area contributed by atoms with Crippen LogP contribution in [0.1, 0.15) is 26.3 Å². The van der Waals surface area contributed by atoms with Gasteiger partial charge >= 0.3 is 12.1 Å². The lowest BCUT2D eigenvalue weighted by molar-refractivity contribution is -0.137. The molecule has 136 valence electrons. The second-order valence-electron chi connectivity index (χ2n) is 4.94. The SMILES string of the molecule is O=C(NNC=Nc1ccc(C(=O)O)c(O)c1)c1ccc(C(F)(F)F)cc1. The normalized spacial score (nSPS) is 11.3. The standard InChI is InChI=1S/C16H12F3N3O4/c17-16(18,19)10-3-1-9(2-4-10)14(24)22-21-8-20-11-5-6-12(15(25)26)13(23)7-11/h1-8,23H,(H,20,21)(H,22,24)(H,25,26). The molecule has 1 amide bonds. The molecule has 2 aromatic carbocycles. The van der Waals surface area contributed by atoms with Gasteiger partial charge in [0, 0.05) is 11.6 Å². The van der Waals surface area contributed by atoms with Crippen LogP contribution in [-0.2, 0) is 6.18 Å². The summed E-state index contributed by atoms with van der Waals surface area (Å²) in [4.78, 5) is 26.4. The first-order valence-electron chi connectivity index (χ1n) is 7.00. The van der Waals surface area contributed by atoms with Gasteiger partial charge in [-0.05, 0) is 36.4 Å². The summed E-state index contributed by atoms with van der Waals surface area (Å²) in [7, 11) is 0. The minimum absolute atomic E-state index is 0.00218. The Morgan fingerprint density at radius 3 is 2.27 bits per heavy atom. The molecule has 0 aliphatic carbocycles. The van der Waals surface area contributed by atoms with E-state index in [1.165, 1.54) is 6.07 Å². The molecular formula is C16H12F3N3O4. The maximum absolute atomic E-state index is 12.4. The number of benzene rings is 2. The minimum Gasteiger partial charge on any atom is -0.507 e. The Balaban J connectivity index is 1.93. The van der Waals surface area contributed by atoms with Crippen LogP contribution in [0.5, 0.6) is 5.75 Å². The number of carboxylic acid groups (broad SMARTS) is 1. The van der Waals surface area contributed by atoms with E-state index in [0.29, 0.717) is 0 Å². The molecule has 0 aromatic heterocycles. The largest absolute Gasteiger partial charge is 0.507 e. The number of carboxylic acids is 1. The van der Waals surface area contributed by atoms with Crippen molar-refractivity contribution in [1.29, 1.82) is 0 Å². The minimum atomic E-state index is -4.48. The number of hydrazine groups is 1. The first-order valence-corrected chi connectivity index (χ1v) is 7.00. The number of aliphatic imine (C=N–C) groups is 1. The van der Waals surface area contributed by atoms with Gasteiger partial charge in [0.25, 0.3) is 5.91 Å². The number of phenols is 1. The van der Waals surface area contributed by atoms with E-state index in [-0.39, 0.29) is 16.8 Å². The van der Waals surface area contributed by atoms with Crippen LogP contribution in [0.25, 0.3) is 0 Å². The number of halogens is 3. The smallest absolute Gasteiger partial charge is 0.416 e. The number of carbonyl (C=O) groups excluding carboxylic acids is 1. The third kappa shape index (κ3) is 4.72. The van der Waals surface area contributed by atoms with Crippen LogP contribution in [0.4, 0.5) is 18.9 Å². The van der Waals surface area contributed by atoms with Crippen molar-refractivity contribution in [3.63, 3.8) is 0 Å². The molecule has 0 aliphatic rings. The number of aromatic hydroxyl groups is 1. The van der Waals surface area contributed by atoms with Gasteiger partial charge in [0.05, 0.1) is 11.3 Å². The van der Waals surface area contributed by atoms with Crippen molar-refractivity contribution in [3.05, 3.63) is 59.2 Å². The number of alkyl halides is 3. The van der Waals surface area contributed by atoms with Crippen LogP contribution >= 0.6 is 0 Å². The van der Waals surface area contributed by atoms with E-state index in [2.05, 4.69) is 15.8 Å². The van der Waals surface area contributed by atoms with E-state index < -0.39 is 29.4 Å². The number of aromatic carboxylic acids is 1. The summed E-state index contributed by atoms with van der Waals surface area (Å²) >= 11 is 0. The Bertz CT molecular complexity index is 849. The third-order valence-corrected chi connectivity index (χ3v) is 3.15. The number of hydrogen-bond acceptors (Lipinski definition) is 4. The lowest BCUT2D eigenvalue weighted by Crippen LogP contribution is -2.36. The zero-order valence-corrected chi connectivity index (χ0v) is 12.9. The Morgan fingerprint density at radius 1 is 1.08 bits per heavy atom. The van der Waals surface area contributed by atoms with Crippen LogP contribution in [0.2, 0.25) is 0 Å². The number of nitrogens with one attached hydrogen (secondary N) is 2. The van der Waals surface area contributed by atoms with Crippen LogP contribution < -0.4 is 10.9 Å². The summed E-state index contributed by atoms with van der Waals surface area (Å²) < 4.78 is 37.3. The van der Waals surface area contributed by atoms with Gasteiger partial charge in [-0.3, -0.25) is 15.6 Å². The molecule has 2 rings (SSSR count). The number of carbonyl (C=O) groups is 2. The molecule has 0 saturated heterocycles. The lowest BCUT2D eigenvalue weighted by atomic mass is 10.1. The van der Waals surface area contributed by atoms with Crippen molar-refractivity contribution >= 4 is 23.9 Å². The predicted octanol–water partition coefficient (Wildman–Crippen LogP) is 2.70. The van der Waals surface area contributed by atoms with Gasteiger partial charge < -0.3 is 10.2 Å². The molecule has 10 heteroatoms. The predicted molar refractivity (Wildman–Crippen MR) is 85.3 cm³/mol. The van der Waals surface area contributed by atoms with Crippen LogP contribution in [-0.4, -0.2) is 28.4 Å². The fraction of sp³-hybridized carbons (Fsp3) is 0.0625. The van der Waals surface area contributed by atoms with E-state index in [1.807, 2.05) is 0 Å². The fourth-order valence-corrected chi connectivity index (χ4v) is 1.87. The zero-order valence-electron chi connectivity index (χ0n) is 12.9. The Kier molecular flexibility index (Phi) is 5.45. The highest BCUT2D eigenvalue weighted by Crippen LogP contribution is 2.29. The molecular weight excluding hydrogens is 355 g/mol. The molecule has 26 heavy (non-hydrogen) atoms. The first-order chi connectivity index (χ1) is 12.2. The number of amides is 1. The molecule has 0 saturated carbocycles. The number of rotatable bonds is 5. The lowest BCUT2D eigenvalue weighted by Gasteiger charge is -2.08. The van der Waals surface area contributed by atoms with Crippen molar-refractivity contribution < 1.29 is 33.0 Å². The topological polar surface area (TPSA) is 111 Å². The number of nitrogens with zero attached hydrogens (tertiary/aromatic N) is 1. The molecule has 0 unspecified atom stereocenters. The Hall–Kier alpha value is -3.56. The molecule has 0 aliphatic heterocycles. The van der Waals surface area contributed by atoms with Crippen molar-refractivity contribution in [1.82, 2.24) is 10.9 Å². The summed E-state index contributed by atoms with van der Waals surface area (Å²) in [6.07, 6.45) is -3.43. The summed E-state index contributed by atoms with van der Waals surface area (Å²) in [6.45, 7) is 0. The van der Waals surface area contributed by atoms with E-state index in [4.69, 9.17) is 5.11 Å². The molecule has 2 aromatic rings. The summed E-state index contributed by atoms with van der Waals surface area (Å²) in [5, 5.41) is 18.3. The first kappa shape index (κ1) is 18.8. The zero-order chi connectivity index (χ0) is 19.3. The van der Waals surface area contributed by atoms with Gasteiger partial charge in [0.15, 0.2) is 0 Å². The molecule has 0 radical (unpaired) electrons. The van der Waals surface area contributed by atoms with E-state index in [1.54, 1.807) is 0 Å². The van der Waals surface area contributed by atoms with Crippen molar-refractivity contribution in [2.75, 3.05) is 0 Å². The molecule has 7 nitrogen and oxygen atoms in total. The summed E-state index contributed by atoms with van der Waals surface area (Å²) in [5.41, 5.74) is 3.58. The van der Waals surface area contributed by atoms with E-state index in [0.717, 1.165) is 42.7 Å². The highest BCUT2D eigenvalue weighted by molar-refractivity contribution is 5.94. The van der Waals surface area contributed by atoms with Gasteiger partial charge in [-0.25, -0.2) is 9.79 Å². The third-order valence-electron chi connectivity index (χ3n) is 3.15. The van der Waals surface area contributed by atoms with Gasteiger partial charge in [0.2, 0.25) is 0 Å². The fourth-order valence-electron chi connectivity index (χ4n) is 1.87. The van der Waals surface area contributed by atoms with Crippen LogP contribution in [0.3, 0.4) is 0 Å². The molecule has 0 fully saturated rings. The van der Waals surface area contributed by atoms with Gasteiger partial charge in [-0.2, -0.15) is 13.2 Å². The summed E-state index contributed by atoms with van der Waals surface area (Å²) in [6, 6.07) is 7.23. The average Bonchev–Trinajstić information content (AvgIpc) is 2.57. The molecule has 0 heterocycles. The van der Waals surface area contributed by atoms with Crippen LogP contribution in [0.15, 0.2) is 47.5 Å². The van der Waals surface area contributed by atoms with Crippen molar-refractivity contribution in [3.8, 4) is 5.75 Å². The Morgan fingerprint density at radius 2 is 1.73 bits per heavy atom. The highest BCUT2D eigenvalue weighted by Gasteiger charge is 2.30. The van der Waals surface area contributed by atoms with E-state index >= 15 is 0 Å². The average molecular weight is 367 g/mol. The molecule has 0 spiro atoms. The van der Waals surface area contributed by atoms with Gasteiger partial charge in [-0.1, -0.05) is 0 Å². The van der Waals surface area contributed by atoms with Gasteiger partial charge in [0.1, 0.15) is 17.7 Å². The maximum atomic E-state index is 12.4. The van der Waals surface area contributed by atoms with E-state index in [9.17, 15) is 27.9 Å². The van der Waals surface area contributed by atoms with Crippen LogP contribution in [0, 0.1) is 0 Å². The number of hydrogen-bond donors (Lipinski definition) is 4. The Labute approximate surface area is 144 Å². The second-order valence-corrected chi connectivity index (χ2v) is 4.94. The monoisotopic (exact) mass is 367 g/mol. The van der Waals surface area contributed by atoms with Crippen molar-refractivity contribution in [2.24, 2.45) is 4.99 Å². The molecule has 0 bridgehead atoms. The van der Waals surface area contributed by atoms with Crippen molar-refractivity contribution in [2.45, 2.75) is 6.18 Å².